The number of ether oxygens (including phenoxy) is 1. The normalized spacial score (nSPS) is 9.40. The second kappa shape index (κ2) is 5.30. The van der Waals surface area contributed by atoms with E-state index in [9.17, 15) is 9.59 Å². The van der Waals surface area contributed by atoms with Crippen LogP contribution in [0.4, 0.5) is 4.79 Å². The van der Waals surface area contributed by atoms with Gasteiger partial charge in [-0.15, -0.1) is 0 Å². The number of aromatic nitrogens is 1. The molecule has 3 amide bonds. The molecule has 0 aromatic carbocycles. The summed E-state index contributed by atoms with van der Waals surface area (Å²) in [5, 5.41) is 1.87. The van der Waals surface area contributed by atoms with Gasteiger partial charge in [0, 0.05) is 10.7 Å². The highest BCUT2D eigenvalue weighted by molar-refractivity contribution is 9.10. The standard InChI is InChI=1S/C8H8BrN3O3/c9-5-1-6(3-11-2-5)15-4-7(13)12-8(10)14/h1-3H,4H2,(H3,10,12,13,14). The number of nitrogens with one attached hydrogen (secondary N) is 1. The highest BCUT2D eigenvalue weighted by Crippen LogP contribution is 2.15. The average Bonchev–Trinajstić information content (AvgIpc) is 2.14. The minimum atomic E-state index is -0.907. The van der Waals surface area contributed by atoms with Gasteiger partial charge in [-0.25, -0.2) is 4.79 Å². The van der Waals surface area contributed by atoms with E-state index < -0.39 is 11.9 Å². The van der Waals surface area contributed by atoms with Crippen LogP contribution in [0.5, 0.6) is 5.75 Å². The van der Waals surface area contributed by atoms with Crippen molar-refractivity contribution < 1.29 is 14.3 Å². The lowest BCUT2D eigenvalue weighted by molar-refractivity contribution is -0.121. The number of hydrogen-bond donors (Lipinski definition) is 2. The number of nitrogens with zero attached hydrogens (tertiary/aromatic N) is 1. The fourth-order valence-electron chi connectivity index (χ4n) is 0.794. The van der Waals surface area contributed by atoms with Crippen molar-refractivity contribution in [1.29, 1.82) is 0 Å². The lowest BCUT2D eigenvalue weighted by Crippen LogP contribution is -2.38. The summed E-state index contributed by atoms with van der Waals surface area (Å²) in [6.45, 7) is -0.291. The maximum absolute atomic E-state index is 10.9. The van der Waals surface area contributed by atoms with Crippen molar-refractivity contribution in [1.82, 2.24) is 10.3 Å². The van der Waals surface area contributed by atoms with Crippen LogP contribution < -0.4 is 15.8 Å². The zero-order valence-electron chi connectivity index (χ0n) is 7.57. The zero-order valence-corrected chi connectivity index (χ0v) is 9.15. The summed E-state index contributed by atoms with van der Waals surface area (Å²) >= 11 is 3.19. The van der Waals surface area contributed by atoms with Crippen molar-refractivity contribution in [3.05, 3.63) is 22.9 Å². The van der Waals surface area contributed by atoms with Crippen LogP contribution in [0, 0.1) is 0 Å². The van der Waals surface area contributed by atoms with Gasteiger partial charge in [-0.1, -0.05) is 0 Å². The number of imide groups is 1. The molecular weight excluding hydrogens is 266 g/mol. The molecule has 0 unspecified atom stereocenters. The van der Waals surface area contributed by atoms with E-state index in [2.05, 4.69) is 20.9 Å². The summed E-state index contributed by atoms with van der Waals surface area (Å²) in [6.07, 6.45) is 3.03. The molecule has 0 fully saturated rings. The van der Waals surface area contributed by atoms with Gasteiger partial charge in [0.1, 0.15) is 5.75 Å². The third kappa shape index (κ3) is 4.41. The molecular formula is C8H8BrN3O3. The molecule has 6 nitrogen and oxygen atoms in total. The minimum absolute atomic E-state index is 0.291. The van der Waals surface area contributed by atoms with Crippen molar-refractivity contribution in [2.75, 3.05) is 6.61 Å². The number of amides is 3. The molecule has 1 aromatic rings. The molecule has 0 aliphatic rings. The molecule has 0 atom stereocenters. The third-order valence-electron chi connectivity index (χ3n) is 1.31. The largest absolute Gasteiger partial charge is 0.482 e. The van der Waals surface area contributed by atoms with E-state index in [-0.39, 0.29) is 6.61 Å². The van der Waals surface area contributed by atoms with Crippen LogP contribution in [0.25, 0.3) is 0 Å². The summed E-state index contributed by atoms with van der Waals surface area (Å²) < 4.78 is 5.77. The molecule has 80 valence electrons. The van der Waals surface area contributed by atoms with E-state index in [4.69, 9.17) is 10.5 Å². The van der Waals surface area contributed by atoms with E-state index in [1.807, 2.05) is 5.32 Å². The van der Waals surface area contributed by atoms with Crippen molar-refractivity contribution in [2.45, 2.75) is 0 Å². The summed E-state index contributed by atoms with van der Waals surface area (Å²) in [6, 6.07) is 0.737. The van der Waals surface area contributed by atoms with Gasteiger partial charge < -0.3 is 10.5 Å². The number of pyridine rings is 1. The Morgan fingerprint density at radius 1 is 1.53 bits per heavy atom. The molecule has 0 spiro atoms. The molecule has 3 N–H and O–H groups in total. The molecule has 1 aromatic heterocycles. The number of nitrogens with two attached hydrogens (primary N) is 1. The summed E-state index contributed by atoms with van der Waals surface area (Å²) in [7, 11) is 0. The molecule has 0 bridgehead atoms. The Labute approximate surface area is 93.9 Å². The van der Waals surface area contributed by atoms with Crippen LogP contribution in [-0.2, 0) is 4.79 Å². The second-order valence-corrected chi connectivity index (χ2v) is 3.46. The summed E-state index contributed by atoms with van der Waals surface area (Å²) in [4.78, 5) is 25.1. The van der Waals surface area contributed by atoms with E-state index in [0.29, 0.717) is 5.75 Å². The van der Waals surface area contributed by atoms with Crippen LogP contribution in [0.3, 0.4) is 0 Å². The van der Waals surface area contributed by atoms with Gasteiger partial charge in [0.2, 0.25) is 0 Å². The van der Waals surface area contributed by atoms with Gasteiger partial charge in [0.25, 0.3) is 5.91 Å². The van der Waals surface area contributed by atoms with Gasteiger partial charge in [0.15, 0.2) is 6.61 Å². The highest BCUT2D eigenvalue weighted by Gasteiger charge is 2.05. The SMILES string of the molecule is NC(=O)NC(=O)COc1cncc(Br)c1. The van der Waals surface area contributed by atoms with E-state index in [1.54, 1.807) is 12.3 Å². The van der Waals surface area contributed by atoms with E-state index in [1.165, 1.54) is 6.20 Å². The van der Waals surface area contributed by atoms with Crippen LogP contribution >= 0.6 is 15.9 Å². The molecule has 7 heteroatoms. The number of urea groups is 1. The maximum atomic E-state index is 10.9. The molecule has 15 heavy (non-hydrogen) atoms. The predicted octanol–water partition coefficient (Wildman–Crippen LogP) is 0.418. The van der Waals surface area contributed by atoms with Gasteiger partial charge in [-0.3, -0.25) is 15.1 Å². The van der Waals surface area contributed by atoms with Crippen molar-refractivity contribution in [3.8, 4) is 5.75 Å². The Morgan fingerprint density at radius 2 is 2.27 bits per heavy atom. The summed E-state index contributed by atoms with van der Waals surface area (Å²) in [5.41, 5.74) is 4.74. The summed E-state index contributed by atoms with van der Waals surface area (Å²) in [5.74, 6) is -0.188. The smallest absolute Gasteiger partial charge is 0.318 e. The Morgan fingerprint density at radius 3 is 2.87 bits per heavy atom. The zero-order chi connectivity index (χ0) is 11.3. The fraction of sp³-hybridized carbons (Fsp3) is 0.125. The molecule has 0 radical (unpaired) electrons. The fourth-order valence-corrected chi connectivity index (χ4v) is 1.14. The Balaban J connectivity index is 2.43. The Kier molecular flexibility index (Phi) is 4.04. The van der Waals surface area contributed by atoms with Crippen molar-refractivity contribution in [3.63, 3.8) is 0 Å². The first-order valence-electron chi connectivity index (χ1n) is 3.90. The lowest BCUT2D eigenvalue weighted by atomic mass is 10.5. The second-order valence-electron chi connectivity index (χ2n) is 2.54. The monoisotopic (exact) mass is 273 g/mol. The number of halogens is 1. The lowest BCUT2D eigenvalue weighted by Gasteiger charge is -2.04. The van der Waals surface area contributed by atoms with Gasteiger partial charge in [0.05, 0.1) is 6.20 Å². The number of hydrogen-bond acceptors (Lipinski definition) is 4. The van der Waals surface area contributed by atoms with Crippen LogP contribution in [0.2, 0.25) is 0 Å². The first-order valence-corrected chi connectivity index (χ1v) is 4.70. The maximum Gasteiger partial charge on any atom is 0.318 e. The first kappa shape index (κ1) is 11.4. The van der Waals surface area contributed by atoms with E-state index >= 15 is 0 Å². The third-order valence-corrected chi connectivity index (χ3v) is 1.75. The van der Waals surface area contributed by atoms with Gasteiger partial charge >= 0.3 is 6.03 Å². The topological polar surface area (TPSA) is 94.3 Å². The van der Waals surface area contributed by atoms with Gasteiger partial charge in [-0.05, 0) is 22.0 Å². The van der Waals surface area contributed by atoms with Crippen LogP contribution in [-0.4, -0.2) is 23.5 Å². The highest BCUT2D eigenvalue weighted by atomic mass is 79.9. The van der Waals surface area contributed by atoms with Crippen LogP contribution in [0.1, 0.15) is 0 Å². The molecule has 0 saturated heterocycles. The minimum Gasteiger partial charge on any atom is -0.482 e. The predicted molar refractivity (Wildman–Crippen MR) is 55.2 cm³/mol. The van der Waals surface area contributed by atoms with Crippen molar-refractivity contribution >= 4 is 27.9 Å². The molecule has 0 saturated carbocycles. The first-order chi connectivity index (χ1) is 7.08. The molecule has 1 heterocycles. The van der Waals surface area contributed by atoms with E-state index in [0.717, 1.165) is 4.47 Å². The number of carbonyl (C=O) groups excluding carboxylic acids is 2. The average molecular weight is 274 g/mol. The van der Waals surface area contributed by atoms with Gasteiger partial charge in [-0.2, -0.15) is 0 Å². The van der Waals surface area contributed by atoms with Crippen molar-refractivity contribution in [2.24, 2.45) is 5.73 Å². The number of carbonyl (C=O) groups is 2. The molecule has 0 aliphatic heterocycles. The number of rotatable bonds is 3. The Hall–Kier alpha value is -1.63. The quantitative estimate of drug-likeness (QED) is 0.835. The number of primary amides is 1. The molecule has 0 aliphatic carbocycles. The Bertz CT molecular complexity index is 383. The molecule has 1 rings (SSSR count). The van der Waals surface area contributed by atoms with Crippen LogP contribution in [0.15, 0.2) is 22.9 Å².